The number of hydrogen-bond donors (Lipinski definition) is 1. The average molecular weight is 291 g/mol. The lowest BCUT2D eigenvalue weighted by molar-refractivity contribution is 0.102. The Kier molecular flexibility index (Phi) is 4.25. The Morgan fingerprint density at radius 2 is 1.95 bits per heavy atom. The number of carbonyl (C=O) groups excluding carboxylic acids is 1. The van der Waals surface area contributed by atoms with Crippen LogP contribution in [0.3, 0.4) is 0 Å². The first-order valence-corrected chi connectivity index (χ1v) is 6.47. The summed E-state index contributed by atoms with van der Waals surface area (Å²) in [7, 11) is 1.48. The van der Waals surface area contributed by atoms with Crippen molar-refractivity contribution in [2.75, 3.05) is 12.4 Å². The molecule has 0 aliphatic carbocycles. The van der Waals surface area contributed by atoms with Crippen LogP contribution in [-0.4, -0.2) is 18.0 Å². The van der Waals surface area contributed by atoms with Crippen LogP contribution in [0.1, 0.15) is 21.5 Å². The molecule has 2 aromatic rings. The van der Waals surface area contributed by atoms with Crippen molar-refractivity contribution >= 4 is 23.2 Å². The second-order valence-electron chi connectivity index (χ2n) is 4.47. The number of aromatic nitrogens is 1. The Hall–Kier alpha value is -2.07. The van der Waals surface area contributed by atoms with E-state index in [0.717, 1.165) is 11.3 Å². The van der Waals surface area contributed by atoms with Crippen LogP contribution in [0.5, 0.6) is 5.88 Å². The monoisotopic (exact) mass is 290 g/mol. The van der Waals surface area contributed by atoms with Crippen LogP contribution < -0.4 is 10.1 Å². The molecule has 0 aliphatic rings. The van der Waals surface area contributed by atoms with Crippen molar-refractivity contribution < 1.29 is 9.53 Å². The number of pyridine rings is 1. The molecule has 0 saturated heterocycles. The number of benzene rings is 1. The van der Waals surface area contributed by atoms with Gasteiger partial charge in [-0.15, -0.1) is 0 Å². The third-order valence-corrected chi connectivity index (χ3v) is 3.20. The SMILES string of the molecule is COc1cc(C(=O)Nc2ccc(C)c(C)c2)cc(Cl)n1. The second kappa shape index (κ2) is 5.92. The highest BCUT2D eigenvalue weighted by atomic mass is 35.5. The number of nitrogens with one attached hydrogen (secondary N) is 1. The number of methoxy groups -OCH3 is 1. The van der Waals surface area contributed by atoms with E-state index in [0.29, 0.717) is 11.4 Å². The predicted octanol–water partition coefficient (Wildman–Crippen LogP) is 3.61. The second-order valence-corrected chi connectivity index (χ2v) is 4.86. The van der Waals surface area contributed by atoms with E-state index in [4.69, 9.17) is 16.3 Å². The minimum absolute atomic E-state index is 0.217. The molecule has 1 amide bonds. The third-order valence-electron chi connectivity index (χ3n) is 3.01. The molecule has 1 aromatic carbocycles. The summed E-state index contributed by atoms with van der Waals surface area (Å²) in [6.07, 6.45) is 0. The Morgan fingerprint density at radius 1 is 1.20 bits per heavy atom. The normalized spacial score (nSPS) is 10.2. The number of amides is 1. The molecule has 5 heteroatoms. The van der Waals surface area contributed by atoms with Crippen LogP contribution in [0.2, 0.25) is 5.15 Å². The van der Waals surface area contributed by atoms with Crippen LogP contribution in [0.4, 0.5) is 5.69 Å². The Labute approximate surface area is 122 Å². The van der Waals surface area contributed by atoms with Gasteiger partial charge in [0.15, 0.2) is 0 Å². The van der Waals surface area contributed by atoms with Crippen molar-refractivity contribution in [2.24, 2.45) is 0 Å². The minimum atomic E-state index is -0.254. The van der Waals surface area contributed by atoms with Gasteiger partial charge in [0.05, 0.1) is 7.11 Å². The van der Waals surface area contributed by atoms with Crippen molar-refractivity contribution in [3.63, 3.8) is 0 Å². The van der Waals surface area contributed by atoms with Gasteiger partial charge in [0, 0.05) is 17.3 Å². The maximum Gasteiger partial charge on any atom is 0.255 e. The summed E-state index contributed by atoms with van der Waals surface area (Å²) in [6.45, 7) is 4.02. The lowest BCUT2D eigenvalue weighted by Crippen LogP contribution is -2.12. The van der Waals surface area contributed by atoms with E-state index in [1.807, 2.05) is 32.0 Å². The van der Waals surface area contributed by atoms with Gasteiger partial charge in [-0.05, 0) is 43.2 Å². The summed E-state index contributed by atoms with van der Waals surface area (Å²) >= 11 is 5.85. The minimum Gasteiger partial charge on any atom is -0.481 e. The first-order chi connectivity index (χ1) is 9.49. The van der Waals surface area contributed by atoms with Gasteiger partial charge in [0.2, 0.25) is 5.88 Å². The number of ether oxygens (including phenoxy) is 1. The Morgan fingerprint density at radius 3 is 2.60 bits per heavy atom. The highest BCUT2D eigenvalue weighted by Crippen LogP contribution is 2.19. The fourth-order valence-electron chi connectivity index (χ4n) is 1.73. The number of halogens is 1. The molecule has 0 spiro atoms. The third kappa shape index (κ3) is 3.27. The molecule has 20 heavy (non-hydrogen) atoms. The van der Waals surface area contributed by atoms with Crippen LogP contribution >= 0.6 is 11.6 Å². The van der Waals surface area contributed by atoms with Crippen molar-refractivity contribution in [2.45, 2.75) is 13.8 Å². The molecule has 0 saturated carbocycles. The molecule has 4 nitrogen and oxygen atoms in total. The number of nitrogens with zero attached hydrogens (tertiary/aromatic N) is 1. The summed E-state index contributed by atoms with van der Waals surface area (Å²) in [5.74, 6) is 0.0542. The van der Waals surface area contributed by atoms with E-state index >= 15 is 0 Å². The number of anilines is 1. The lowest BCUT2D eigenvalue weighted by atomic mass is 10.1. The van der Waals surface area contributed by atoms with Crippen LogP contribution in [0.25, 0.3) is 0 Å². The summed E-state index contributed by atoms with van der Waals surface area (Å²) in [5.41, 5.74) is 3.44. The molecule has 2 rings (SSSR count). The summed E-state index contributed by atoms with van der Waals surface area (Å²) in [6, 6.07) is 8.79. The molecule has 1 heterocycles. The van der Waals surface area contributed by atoms with E-state index in [1.165, 1.54) is 18.7 Å². The standard InChI is InChI=1S/C15H15ClN2O2/c1-9-4-5-12(6-10(9)2)17-15(19)11-7-13(16)18-14(8-11)20-3/h4-8H,1-3H3,(H,17,19). The van der Waals surface area contributed by atoms with Crippen molar-refractivity contribution in [3.05, 3.63) is 52.2 Å². The van der Waals surface area contributed by atoms with Gasteiger partial charge in [0.1, 0.15) is 5.15 Å². The molecule has 0 fully saturated rings. The zero-order valence-corrected chi connectivity index (χ0v) is 12.3. The maximum atomic E-state index is 12.2. The van der Waals surface area contributed by atoms with Crippen molar-refractivity contribution in [1.29, 1.82) is 0 Å². The van der Waals surface area contributed by atoms with Gasteiger partial charge in [-0.25, -0.2) is 4.98 Å². The first-order valence-electron chi connectivity index (χ1n) is 6.10. The fourth-order valence-corrected chi connectivity index (χ4v) is 1.93. The van der Waals surface area contributed by atoms with E-state index in [-0.39, 0.29) is 11.1 Å². The van der Waals surface area contributed by atoms with Crippen LogP contribution in [-0.2, 0) is 0 Å². The van der Waals surface area contributed by atoms with Crippen LogP contribution in [0.15, 0.2) is 30.3 Å². The molecule has 0 aliphatic heterocycles. The molecular formula is C15H15ClN2O2. The molecule has 0 unspecified atom stereocenters. The van der Waals surface area contributed by atoms with E-state index in [9.17, 15) is 4.79 Å². The van der Waals surface area contributed by atoms with Gasteiger partial charge >= 0.3 is 0 Å². The van der Waals surface area contributed by atoms with Crippen LogP contribution in [0, 0.1) is 13.8 Å². The summed E-state index contributed by atoms with van der Waals surface area (Å²) < 4.78 is 5.00. The quantitative estimate of drug-likeness (QED) is 0.879. The molecule has 0 atom stereocenters. The smallest absolute Gasteiger partial charge is 0.255 e. The highest BCUT2D eigenvalue weighted by Gasteiger charge is 2.10. The lowest BCUT2D eigenvalue weighted by Gasteiger charge is -2.08. The van der Waals surface area contributed by atoms with E-state index in [1.54, 1.807) is 6.07 Å². The van der Waals surface area contributed by atoms with Crippen molar-refractivity contribution in [1.82, 2.24) is 4.98 Å². The first kappa shape index (κ1) is 14.3. The zero-order chi connectivity index (χ0) is 14.7. The van der Waals surface area contributed by atoms with Crippen molar-refractivity contribution in [3.8, 4) is 5.88 Å². The molecule has 1 N–H and O–H groups in total. The Balaban J connectivity index is 2.23. The Bertz CT molecular complexity index is 656. The van der Waals surface area contributed by atoms with Gasteiger partial charge in [0.25, 0.3) is 5.91 Å². The number of aryl methyl sites for hydroxylation is 2. The number of rotatable bonds is 3. The van der Waals surface area contributed by atoms with Gasteiger partial charge in [-0.3, -0.25) is 4.79 Å². The number of hydrogen-bond acceptors (Lipinski definition) is 3. The summed E-state index contributed by atoms with van der Waals surface area (Å²) in [4.78, 5) is 16.1. The molecule has 104 valence electrons. The van der Waals surface area contributed by atoms with Gasteiger partial charge in [-0.2, -0.15) is 0 Å². The fraction of sp³-hybridized carbons (Fsp3) is 0.200. The van der Waals surface area contributed by atoms with Gasteiger partial charge in [-0.1, -0.05) is 17.7 Å². The highest BCUT2D eigenvalue weighted by molar-refractivity contribution is 6.30. The molecule has 1 aromatic heterocycles. The van der Waals surface area contributed by atoms with E-state index in [2.05, 4.69) is 10.3 Å². The van der Waals surface area contributed by atoms with E-state index < -0.39 is 0 Å². The molecule has 0 bridgehead atoms. The molecular weight excluding hydrogens is 276 g/mol. The topological polar surface area (TPSA) is 51.2 Å². The van der Waals surface area contributed by atoms with Gasteiger partial charge < -0.3 is 10.1 Å². The summed E-state index contributed by atoms with van der Waals surface area (Å²) in [5, 5.41) is 3.04. The largest absolute Gasteiger partial charge is 0.481 e. The number of carbonyl (C=O) groups is 1. The average Bonchev–Trinajstić information content (AvgIpc) is 2.42. The zero-order valence-electron chi connectivity index (χ0n) is 11.5. The maximum absolute atomic E-state index is 12.2. The molecule has 0 radical (unpaired) electrons. The predicted molar refractivity (Wildman–Crippen MR) is 79.7 cm³/mol.